The summed E-state index contributed by atoms with van der Waals surface area (Å²) >= 11 is 0. The van der Waals surface area contributed by atoms with Gasteiger partial charge in [-0.2, -0.15) is 0 Å². The normalized spacial score (nSPS) is 11.5. The average Bonchev–Trinajstić information content (AvgIpc) is 2.47. The molecule has 0 aliphatic carbocycles. The lowest BCUT2D eigenvalue weighted by Gasteiger charge is -2.08. The molecule has 2 aromatic rings. The Morgan fingerprint density at radius 2 is 1.81 bits per heavy atom. The van der Waals surface area contributed by atoms with Gasteiger partial charge in [-0.1, -0.05) is 30.3 Å². The topological polar surface area (TPSA) is 72.2 Å². The number of rotatable bonds is 6. The molecular weight excluding hydrogens is 291 g/mol. The molecule has 0 atom stereocenters. The van der Waals surface area contributed by atoms with E-state index in [1.807, 2.05) is 30.3 Å². The molecule has 0 saturated carbocycles. The molecule has 0 aromatic heterocycles. The van der Waals surface area contributed by atoms with Crippen LogP contribution in [-0.4, -0.2) is 15.0 Å². The molecular formula is C15H17FN2O2S. The molecule has 0 saturated heterocycles. The van der Waals surface area contributed by atoms with Gasteiger partial charge in [0.05, 0.1) is 10.6 Å². The number of benzene rings is 2. The van der Waals surface area contributed by atoms with Gasteiger partial charge in [-0.15, -0.1) is 0 Å². The zero-order chi connectivity index (χ0) is 15.3. The van der Waals surface area contributed by atoms with Crippen LogP contribution in [0.1, 0.15) is 12.0 Å². The van der Waals surface area contributed by atoms with E-state index < -0.39 is 15.8 Å². The molecule has 0 aliphatic rings. The summed E-state index contributed by atoms with van der Waals surface area (Å²) in [5.41, 5.74) is 6.36. The van der Waals surface area contributed by atoms with Gasteiger partial charge in [0.15, 0.2) is 0 Å². The first-order valence-electron chi connectivity index (χ1n) is 6.58. The van der Waals surface area contributed by atoms with Crippen molar-refractivity contribution < 1.29 is 12.8 Å². The van der Waals surface area contributed by atoms with E-state index in [9.17, 15) is 12.8 Å². The predicted octanol–water partition coefficient (Wildman–Crippen LogP) is 2.32. The first-order chi connectivity index (χ1) is 9.99. The van der Waals surface area contributed by atoms with E-state index in [1.165, 1.54) is 6.07 Å². The highest BCUT2D eigenvalue weighted by Crippen LogP contribution is 2.16. The van der Waals surface area contributed by atoms with E-state index in [1.54, 1.807) is 0 Å². The molecule has 0 unspecified atom stereocenters. The molecule has 0 heterocycles. The van der Waals surface area contributed by atoms with Gasteiger partial charge in [-0.3, -0.25) is 0 Å². The van der Waals surface area contributed by atoms with Crippen molar-refractivity contribution in [3.05, 3.63) is 59.9 Å². The first-order valence-corrected chi connectivity index (χ1v) is 8.06. The van der Waals surface area contributed by atoms with Crippen LogP contribution in [0.5, 0.6) is 0 Å². The van der Waals surface area contributed by atoms with Crippen LogP contribution in [0, 0.1) is 5.82 Å². The third-order valence-electron chi connectivity index (χ3n) is 3.05. The number of nitrogen functional groups attached to an aromatic ring is 1. The molecule has 2 rings (SSSR count). The Hall–Kier alpha value is -1.92. The highest BCUT2D eigenvalue weighted by Gasteiger charge is 2.14. The zero-order valence-corrected chi connectivity index (χ0v) is 12.2. The standard InChI is InChI=1S/C15H17FN2O2S/c16-14-9-8-13(11-15(14)17)21(19,20)18-10-4-7-12-5-2-1-3-6-12/h1-3,5-6,8-9,11,18H,4,7,10,17H2. The van der Waals surface area contributed by atoms with Crippen LogP contribution in [0.3, 0.4) is 0 Å². The second-order valence-electron chi connectivity index (χ2n) is 4.67. The number of sulfonamides is 1. The maximum atomic E-state index is 13.0. The molecule has 112 valence electrons. The van der Waals surface area contributed by atoms with E-state index >= 15 is 0 Å². The number of nitrogens with one attached hydrogen (secondary N) is 1. The molecule has 21 heavy (non-hydrogen) atoms. The fourth-order valence-corrected chi connectivity index (χ4v) is 3.03. The van der Waals surface area contributed by atoms with Gasteiger partial charge in [0, 0.05) is 6.54 Å². The third kappa shape index (κ3) is 4.27. The van der Waals surface area contributed by atoms with Gasteiger partial charge in [-0.25, -0.2) is 17.5 Å². The summed E-state index contributed by atoms with van der Waals surface area (Å²) in [5.74, 6) is -0.627. The Morgan fingerprint density at radius 3 is 2.48 bits per heavy atom. The van der Waals surface area contributed by atoms with E-state index in [2.05, 4.69) is 4.72 Å². The summed E-state index contributed by atoms with van der Waals surface area (Å²) in [6.45, 7) is 0.314. The molecule has 0 spiro atoms. The average molecular weight is 308 g/mol. The summed E-state index contributed by atoms with van der Waals surface area (Å²) in [7, 11) is -3.65. The van der Waals surface area contributed by atoms with Crippen molar-refractivity contribution >= 4 is 15.7 Å². The molecule has 0 bridgehead atoms. The minimum absolute atomic E-state index is 0.0267. The number of halogens is 1. The number of nitrogens with two attached hydrogens (primary N) is 1. The number of hydrogen-bond donors (Lipinski definition) is 2. The number of anilines is 1. The van der Waals surface area contributed by atoms with E-state index in [-0.39, 0.29) is 10.6 Å². The summed E-state index contributed by atoms with van der Waals surface area (Å²) in [6.07, 6.45) is 1.47. The zero-order valence-electron chi connectivity index (χ0n) is 11.4. The minimum Gasteiger partial charge on any atom is -0.396 e. The van der Waals surface area contributed by atoms with E-state index in [0.717, 1.165) is 24.1 Å². The molecule has 2 aromatic carbocycles. The summed E-state index contributed by atoms with van der Waals surface area (Å²) in [4.78, 5) is -0.0267. The Balaban J connectivity index is 1.91. The van der Waals surface area contributed by atoms with Gasteiger partial charge < -0.3 is 5.73 Å². The second-order valence-corrected chi connectivity index (χ2v) is 6.44. The van der Waals surface area contributed by atoms with Crippen molar-refractivity contribution in [2.24, 2.45) is 0 Å². The highest BCUT2D eigenvalue weighted by atomic mass is 32.2. The van der Waals surface area contributed by atoms with Crippen molar-refractivity contribution in [3.63, 3.8) is 0 Å². The Kier molecular flexibility index (Phi) is 4.93. The Labute approximate surface area is 123 Å². The van der Waals surface area contributed by atoms with Crippen LogP contribution in [0.15, 0.2) is 53.4 Å². The third-order valence-corrected chi connectivity index (χ3v) is 4.51. The molecule has 0 fully saturated rings. The number of hydrogen-bond acceptors (Lipinski definition) is 3. The van der Waals surface area contributed by atoms with Crippen LogP contribution in [0.4, 0.5) is 10.1 Å². The molecule has 0 amide bonds. The van der Waals surface area contributed by atoms with Gasteiger partial charge in [0.1, 0.15) is 5.82 Å². The Bertz CT molecular complexity index is 703. The van der Waals surface area contributed by atoms with Gasteiger partial charge in [0.2, 0.25) is 10.0 Å². The SMILES string of the molecule is Nc1cc(S(=O)(=O)NCCCc2ccccc2)ccc1F. The van der Waals surface area contributed by atoms with Gasteiger partial charge >= 0.3 is 0 Å². The fourth-order valence-electron chi connectivity index (χ4n) is 1.92. The van der Waals surface area contributed by atoms with Crippen molar-refractivity contribution in [2.75, 3.05) is 12.3 Å². The Morgan fingerprint density at radius 1 is 1.10 bits per heavy atom. The van der Waals surface area contributed by atoms with Crippen molar-refractivity contribution in [3.8, 4) is 0 Å². The quantitative estimate of drug-likeness (QED) is 0.635. The summed E-state index contributed by atoms with van der Waals surface area (Å²) in [5, 5.41) is 0. The van der Waals surface area contributed by atoms with Gasteiger partial charge in [-0.05, 0) is 36.6 Å². The molecule has 0 radical (unpaired) electrons. The fraction of sp³-hybridized carbons (Fsp3) is 0.200. The summed E-state index contributed by atoms with van der Waals surface area (Å²) < 4.78 is 39.6. The predicted molar refractivity (Wildman–Crippen MR) is 80.8 cm³/mol. The molecule has 0 aliphatic heterocycles. The van der Waals surface area contributed by atoms with Crippen LogP contribution in [0.2, 0.25) is 0 Å². The maximum Gasteiger partial charge on any atom is 0.240 e. The molecule has 3 N–H and O–H groups in total. The van der Waals surface area contributed by atoms with Crippen LogP contribution in [0.25, 0.3) is 0 Å². The lowest BCUT2D eigenvalue weighted by Crippen LogP contribution is -2.25. The first kappa shape index (κ1) is 15.5. The lowest BCUT2D eigenvalue weighted by molar-refractivity contribution is 0.578. The second kappa shape index (κ2) is 6.69. The van der Waals surface area contributed by atoms with Crippen LogP contribution < -0.4 is 10.5 Å². The highest BCUT2D eigenvalue weighted by molar-refractivity contribution is 7.89. The van der Waals surface area contributed by atoms with E-state index in [4.69, 9.17) is 5.73 Å². The minimum atomic E-state index is -3.65. The van der Waals surface area contributed by atoms with Crippen molar-refractivity contribution in [2.45, 2.75) is 17.7 Å². The van der Waals surface area contributed by atoms with Crippen LogP contribution in [-0.2, 0) is 16.4 Å². The molecule has 4 nitrogen and oxygen atoms in total. The molecule has 6 heteroatoms. The smallest absolute Gasteiger partial charge is 0.240 e. The van der Waals surface area contributed by atoms with Crippen molar-refractivity contribution in [1.29, 1.82) is 0 Å². The van der Waals surface area contributed by atoms with E-state index in [0.29, 0.717) is 13.0 Å². The monoisotopic (exact) mass is 308 g/mol. The number of aryl methyl sites for hydroxylation is 1. The maximum absolute atomic E-state index is 13.0. The largest absolute Gasteiger partial charge is 0.396 e. The van der Waals surface area contributed by atoms with Gasteiger partial charge in [0.25, 0.3) is 0 Å². The lowest BCUT2D eigenvalue weighted by atomic mass is 10.1. The summed E-state index contributed by atoms with van der Waals surface area (Å²) in [6, 6.07) is 13.2. The van der Waals surface area contributed by atoms with Crippen molar-refractivity contribution in [1.82, 2.24) is 4.72 Å². The van der Waals surface area contributed by atoms with Crippen LogP contribution >= 0.6 is 0 Å².